The number of rotatable bonds is 4. The molecule has 0 saturated heterocycles. The lowest BCUT2D eigenvalue weighted by Gasteiger charge is -2.21. The summed E-state index contributed by atoms with van der Waals surface area (Å²) in [6.45, 7) is 0.275. The summed E-state index contributed by atoms with van der Waals surface area (Å²) in [5.74, 6) is -0.593. The van der Waals surface area contributed by atoms with Crippen LogP contribution in [0.15, 0.2) is 35.7 Å². The average molecular weight is 377 g/mol. The minimum atomic E-state index is -0.698. The molecule has 2 atom stereocenters. The van der Waals surface area contributed by atoms with Crippen LogP contribution in [-0.4, -0.2) is 11.7 Å². The normalized spacial score (nSPS) is 14.4. The van der Waals surface area contributed by atoms with Gasteiger partial charge in [-0.2, -0.15) is 0 Å². The van der Waals surface area contributed by atoms with Gasteiger partial charge in [-0.05, 0) is 57.3 Å². The number of hydrogen-bond donors (Lipinski definition) is 2. The van der Waals surface area contributed by atoms with Gasteiger partial charge in [-0.25, -0.2) is 4.39 Å². The molecule has 0 radical (unpaired) electrons. The SMILES string of the molecule is NCC(c1cccc(F)c1)C(O)c1csc(I)c1. The molecule has 2 rings (SSSR count). The Morgan fingerprint density at radius 1 is 1.33 bits per heavy atom. The van der Waals surface area contributed by atoms with Crippen molar-refractivity contribution >= 4 is 33.9 Å². The van der Waals surface area contributed by atoms with Crippen molar-refractivity contribution in [1.82, 2.24) is 0 Å². The van der Waals surface area contributed by atoms with Crippen molar-refractivity contribution in [3.63, 3.8) is 0 Å². The molecule has 0 bridgehead atoms. The van der Waals surface area contributed by atoms with Gasteiger partial charge >= 0.3 is 0 Å². The van der Waals surface area contributed by atoms with Gasteiger partial charge in [0, 0.05) is 12.5 Å². The fourth-order valence-corrected chi connectivity index (χ4v) is 3.30. The van der Waals surface area contributed by atoms with Crippen LogP contribution in [0.3, 0.4) is 0 Å². The summed E-state index contributed by atoms with van der Waals surface area (Å²) >= 11 is 3.78. The Bertz CT molecular complexity index is 531. The fraction of sp³-hybridized carbons (Fsp3) is 0.231. The third-order valence-electron chi connectivity index (χ3n) is 2.84. The van der Waals surface area contributed by atoms with E-state index < -0.39 is 6.10 Å². The van der Waals surface area contributed by atoms with E-state index in [1.807, 2.05) is 11.4 Å². The number of thiophene rings is 1. The van der Waals surface area contributed by atoms with Crippen molar-refractivity contribution in [3.05, 3.63) is 55.5 Å². The minimum Gasteiger partial charge on any atom is -0.388 e. The Hall–Kier alpha value is -0.500. The first kappa shape index (κ1) is 13.9. The lowest BCUT2D eigenvalue weighted by atomic mass is 9.90. The monoisotopic (exact) mass is 377 g/mol. The van der Waals surface area contributed by atoms with Gasteiger partial charge in [-0.3, -0.25) is 0 Å². The highest BCUT2D eigenvalue weighted by atomic mass is 127. The highest BCUT2D eigenvalue weighted by Crippen LogP contribution is 2.33. The molecule has 2 nitrogen and oxygen atoms in total. The summed E-state index contributed by atoms with van der Waals surface area (Å²) in [6.07, 6.45) is -0.698. The molecule has 1 aromatic carbocycles. The molecular weight excluding hydrogens is 364 g/mol. The van der Waals surface area contributed by atoms with Crippen molar-refractivity contribution in [1.29, 1.82) is 0 Å². The predicted molar refractivity (Wildman–Crippen MR) is 80.2 cm³/mol. The van der Waals surface area contributed by atoms with Crippen LogP contribution in [-0.2, 0) is 0 Å². The molecule has 0 fully saturated rings. The van der Waals surface area contributed by atoms with Gasteiger partial charge in [0.2, 0.25) is 0 Å². The standard InChI is InChI=1S/C13H13FINOS/c14-10-3-1-2-8(4-10)11(6-16)13(17)9-5-12(15)18-7-9/h1-5,7,11,13,17H,6,16H2. The van der Waals surface area contributed by atoms with E-state index in [0.717, 1.165) is 14.0 Å². The Morgan fingerprint density at radius 2 is 2.11 bits per heavy atom. The van der Waals surface area contributed by atoms with Crippen molar-refractivity contribution in [2.75, 3.05) is 6.54 Å². The Kier molecular flexibility index (Phi) is 4.71. The molecule has 0 aliphatic rings. The second-order valence-electron chi connectivity index (χ2n) is 4.03. The number of halogens is 2. The lowest BCUT2D eigenvalue weighted by molar-refractivity contribution is 0.147. The minimum absolute atomic E-state index is 0.275. The zero-order valence-corrected chi connectivity index (χ0v) is 12.5. The van der Waals surface area contributed by atoms with Crippen LogP contribution in [0.2, 0.25) is 0 Å². The smallest absolute Gasteiger partial charge is 0.123 e. The van der Waals surface area contributed by atoms with E-state index in [0.29, 0.717) is 0 Å². The van der Waals surface area contributed by atoms with Gasteiger partial charge in [0.25, 0.3) is 0 Å². The third-order valence-corrected chi connectivity index (χ3v) is 4.65. The molecule has 0 spiro atoms. The molecule has 0 saturated carbocycles. The maximum atomic E-state index is 13.2. The van der Waals surface area contributed by atoms with Gasteiger partial charge in [-0.15, -0.1) is 11.3 Å². The second kappa shape index (κ2) is 6.10. The van der Waals surface area contributed by atoms with E-state index >= 15 is 0 Å². The van der Waals surface area contributed by atoms with Crippen molar-refractivity contribution in [2.24, 2.45) is 5.73 Å². The van der Waals surface area contributed by atoms with E-state index in [2.05, 4.69) is 22.6 Å². The Morgan fingerprint density at radius 3 is 2.67 bits per heavy atom. The molecule has 1 heterocycles. The molecule has 96 valence electrons. The molecule has 0 aliphatic carbocycles. The number of nitrogens with two attached hydrogens (primary N) is 1. The van der Waals surface area contributed by atoms with Gasteiger partial charge in [0.1, 0.15) is 5.82 Å². The quantitative estimate of drug-likeness (QED) is 0.804. The van der Waals surface area contributed by atoms with Gasteiger partial charge in [-0.1, -0.05) is 12.1 Å². The number of aliphatic hydroxyl groups excluding tert-OH is 1. The van der Waals surface area contributed by atoms with Crippen LogP contribution in [0, 0.1) is 8.70 Å². The van der Waals surface area contributed by atoms with E-state index in [9.17, 15) is 9.50 Å². The molecule has 5 heteroatoms. The maximum Gasteiger partial charge on any atom is 0.123 e. The lowest BCUT2D eigenvalue weighted by Crippen LogP contribution is -2.20. The van der Waals surface area contributed by atoms with E-state index in [-0.39, 0.29) is 18.3 Å². The van der Waals surface area contributed by atoms with Gasteiger partial charge in [0.05, 0.1) is 8.99 Å². The number of benzene rings is 1. The van der Waals surface area contributed by atoms with Crippen LogP contribution in [0.4, 0.5) is 4.39 Å². The Balaban J connectivity index is 2.28. The van der Waals surface area contributed by atoms with E-state index in [4.69, 9.17) is 5.73 Å². The Labute approximate surface area is 123 Å². The highest BCUT2D eigenvalue weighted by molar-refractivity contribution is 14.1. The van der Waals surface area contributed by atoms with Gasteiger partial charge in [0.15, 0.2) is 0 Å². The van der Waals surface area contributed by atoms with Crippen LogP contribution in [0.5, 0.6) is 0 Å². The molecule has 18 heavy (non-hydrogen) atoms. The second-order valence-corrected chi connectivity index (χ2v) is 6.83. The summed E-state index contributed by atoms with van der Waals surface area (Å²) in [7, 11) is 0. The molecule has 1 aromatic heterocycles. The zero-order chi connectivity index (χ0) is 13.1. The van der Waals surface area contributed by atoms with Crippen LogP contribution < -0.4 is 5.73 Å². The fourth-order valence-electron chi connectivity index (χ4n) is 1.90. The molecular formula is C13H13FINOS. The summed E-state index contributed by atoms with van der Waals surface area (Å²) < 4.78 is 14.3. The first-order chi connectivity index (χ1) is 8.61. The van der Waals surface area contributed by atoms with Gasteiger partial charge < -0.3 is 10.8 Å². The predicted octanol–water partition coefficient (Wildman–Crippen LogP) is 3.27. The largest absolute Gasteiger partial charge is 0.388 e. The summed E-state index contributed by atoms with van der Waals surface area (Å²) in [5.41, 5.74) is 7.28. The topological polar surface area (TPSA) is 46.2 Å². The molecule has 3 N–H and O–H groups in total. The van der Waals surface area contributed by atoms with Crippen molar-refractivity contribution in [3.8, 4) is 0 Å². The molecule has 0 aliphatic heterocycles. The maximum absolute atomic E-state index is 13.2. The van der Waals surface area contributed by atoms with Crippen LogP contribution in [0.1, 0.15) is 23.1 Å². The molecule has 0 amide bonds. The highest BCUT2D eigenvalue weighted by Gasteiger charge is 2.22. The number of hydrogen-bond acceptors (Lipinski definition) is 3. The van der Waals surface area contributed by atoms with Crippen molar-refractivity contribution in [2.45, 2.75) is 12.0 Å². The van der Waals surface area contributed by atoms with E-state index in [1.54, 1.807) is 23.5 Å². The zero-order valence-electron chi connectivity index (χ0n) is 9.51. The third kappa shape index (κ3) is 3.09. The molecule has 2 unspecified atom stereocenters. The molecule has 2 aromatic rings. The average Bonchev–Trinajstić information content (AvgIpc) is 2.77. The first-order valence-electron chi connectivity index (χ1n) is 5.49. The van der Waals surface area contributed by atoms with Crippen LogP contribution in [0.25, 0.3) is 0 Å². The number of aliphatic hydroxyl groups is 1. The summed E-state index contributed by atoms with van der Waals surface area (Å²) in [6, 6.07) is 8.17. The van der Waals surface area contributed by atoms with Crippen molar-refractivity contribution < 1.29 is 9.50 Å². The van der Waals surface area contributed by atoms with Crippen LogP contribution >= 0.6 is 33.9 Å². The summed E-state index contributed by atoms with van der Waals surface area (Å²) in [5, 5.41) is 12.2. The van der Waals surface area contributed by atoms with E-state index in [1.165, 1.54) is 12.1 Å². The summed E-state index contributed by atoms with van der Waals surface area (Å²) in [4.78, 5) is 0. The first-order valence-corrected chi connectivity index (χ1v) is 7.45.